The lowest BCUT2D eigenvalue weighted by atomic mass is 10.0. The molecule has 0 aromatic heterocycles. The first-order valence-electron chi connectivity index (χ1n) is 10.6. The van der Waals surface area contributed by atoms with Gasteiger partial charge in [-0.2, -0.15) is 5.06 Å². The molecule has 4 amide bonds. The molecule has 2 bridgehead atoms. The highest BCUT2D eigenvalue weighted by atomic mass is 16.7. The first-order chi connectivity index (χ1) is 15.1. The third-order valence-corrected chi connectivity index (χ3v) is 4.98. The van der Waals surface area contributed by atoms with Gasteiger partial charge in [0.1, 0.15) is 31.0 Å². The quantitative estimate of drug-likeness (QED) is 0.401. The molecular weight excluding hydrogens is 418 g/mol. The van der Waals surface area contributed by atoms with E-state index in [1.54, 1.807) is 20.8 Å². The monoisotopic (exact) mass is 449 g/mol. The largest absolute Gasteiger partial charge is 0.444 e. The van der Waals surface area contributed by atoms with E-state index in [4.69, 9.17) is 20.1 Å². The van der Waals surface area contributed by atoms with Gasteiger partial charge in [0.25, 0.3) is 5.91 Å². The standard InChI is InChI=1S/C21H31N5O6/c1-21(2,3)32-19(28)23-17(22)13-30-24-18(27)16-10-9-15-11-25(16)20(29)26(15)31-12-14-7-5-4-6-8-14/h4-8,15-17H,9-13,22H2,1-3H3,(H,23,28)(H,24,27)/t15?,16?,17-/m0/s1. The molecule has 4 N–H and O–H groups in total. The molecule has 1 aromatic carbocycles. The second kappa shape index (κ2) is 10.2. The van der Waals surface area contributed by atoms with Gasteiger partial charge < -0.3 is 20.7 Å². The molecule has 0 aliphatic carbocycles. The van der Waals surface area contributed by atoms with Crippen molar-refractivity contribution < 1.29 is 28.8 Å². The van der Waals surface area contributed by atoms with E-state index in [2.05, 4.69) is 10.8 Å². The zero-order chi connectivity index (χ0) is 23.3. The topological polar surface area (TPSA) is 135 Å². The van der Waals surface area contributed by atoms with Crippen LogP contribution in [0.3, 0.4) is 0 Å². The lowest BCUT2D eigenvalue weighted by molar-refractivity contribution is -0.141. The molecule has 2 aliphatic heterocycles. The number of carbonyl (C=O) groups excluding carboxylic acids is 3. The van der Waals surface area contributed by atoms with Gasteiger partial charge in [-0.05, 0) is 39.2 Å². The molecule has 2 aliphatic rings. The normalized spacial score (nSPS) is 21.3. The van der Waals surface area contributed by atoms with E-state index in [1.165, 1.54) is 9.96 Å². The summed E-state index contributed by atoms with van der Waals surface area (Å²) < 4.78 is 5.10. The maximum Gasteiger partial charge on any atom is 0.408 e. The molecule has 32 heavy (non-hydrogen) atoms. The highest BCUT2D eigenvalue weighted by molar-refractivity contribution is 5.88. The summed E-state index contributed by atoms with van der Waals surface area (Å²) in [6, 6.07) is 8.46. The Morgan fingerprint density at radius 1 is 1.22 bits per heavy atom. The summed E-state index contributed by atoms with van der Waals surface area (Å²) in [7, 11) is 0. The van der Waals surface area contributed by atoms with Crippen LogP contribution >= 0.6 is 0 Å². The second-order valence-electron chi connectivity index (χ2n) is 8.80. The smallest absolute Gasteiger partial charge is 0.408 e. The Balaban J connectivity index is 1.43. The Labute approximate surface area is 187 Å². The van der Waals surface area contributed by atoms with Crippen molar-refractivity contribution in [3.63, 3.8) is 0 Å². The van der Waals surface area contributed by atoms with Crippen molar-refractivity contribution in [3.05, 3.63) is 35.9 Å². The zero-order valence-corrected chi connectivity index (χ0v) is 18.6. The van der Waals surface area contributed by atoms with E-state index in [-0.39, 0.29) is 25.3 Å². The van der Waals surface area contributed by atoms with Gasteiger partial charge in [-0.25, -0.2) is 15.1 Å². The SMILES string of the molecule is CC(C)(C)OC(=O)N[C@H](N)CONC(=O)C1CCC2CN1C(=O)N2OCc1ccccc1. The molecule has 11 nitrogen and oxygen atoms in total. The predicted octanol–water partition coefficient (Wildman–Crippen LogP) is 1.24. The molecule has 0 radical (unpaired) electrons. The van der Waals surface area contributed by atoms with Gasteiger partial charge in [-0.1, -0.05) is 30.3 Å². The number of carbonyl (C=O) groups is 3. The average molecular weight is 450 g/mol. The lowest BCUT2D eigenvalue weighted by Crippen LogP contribution is -2.51. The maximum atomic E-state index is 12.8. The fourth-order valence-corrected chi connectivity index (χ4v) is 3.56. The van der Waals surface area contributed by atoms with E-state index in [1.807, 2.05) is 30.3 Å². The number of urea groups is 1. The number of fused-ring (bicyclic) bond motifs is 2. The number of hydrogen-bond donors (Lipinski definition) is 3. The molecular formula is C21H31N5O6. The van der Waals surface area contributed by atoms with Crippen LogP contribution in [0.4, 0.5) is 9.59 Å². The molecule has 2 saturated heterocycles. The summed E-state index contributed by atoms with van der Waals surface area (Å²) in [6.45, 7) is 5.72. The van der Waals surface area contributed by atoms with Gasteiger partial charge in [-0.15, -0.1) is 0 Å². The Bertz CT molecular complexity index is 815. The fourth-order valence-electron chi connectivity index (χ4n) is 3.56. The molecule has 176 valence electrons. The van der Waals surface area contributed by atoms with Crippen LogP contribution in [-0.4, -0.2) is 65.0 Å². The summed E-state index contributed by atoms with van der Waals surface area (Å²) in [5.74, 6) is -0.453. The molecule has 2 heterocycles. The van der Waals surface area contributed by atoms with Crippen LogP contribution in [0, 0.1) is 0 Å². The summed E-state index contributed by atoms with van der Waals surface area (Å²) in [5, 5.41) is 3.77. The number of nitrogens with zero attached hydrogens (tertiary/aromatic N) is 2. The first-order valence-corrected chi connectivity index (χ1v) is 10.6. The minimum Gasteiger partial charge on any atom is -0.444 e. The summed E-state index contributed by atoms with van der Waals surface area (Å²) in [6.07, 6.45) is -0.443. The Hall–Kier alpha value is -2.89. The Kier molecular flexibility index (Phi) is 7.54. The predicted molar refractivity (Wildman–Crippen MR) is 113 cm³/mol. The number of rotatable bonds is 8. The van der Waals surface area contributed by atoms with Crippen LogP contribution in [0.2, 0.25) is 0 Å². The van der Waals surface area contributed by atoms with Gasteiger partial charge in [0.05, 0.1) is 6.04 Å². The molecule has 0 saturated carbocycles. The van der Waals surface area contributed by atoms with Gasteiger partial charge in [-0.3, -0.25) is 14.5 Å². The van der Waals surface area contributed by atoms with E-state index >= 15 is 0 Å². The van der Waals surface area contributed by atoms with Gasteiger partial charge in [0.15, 0.2) is 0 Å². The van der Waals surface area contributed by atoms with E-state index in [0.717, 1.165) is 5.56 Å². The number of nitrogens with two attached hydrogens (primary N) is 1. The fraction of sp³-hybridized carbons (Fsp3) is 0.571. The zero-order valence-electron chi connectivity index (χ0n) is 18.6. The molecule has 2 unspecified atom stereocenters. The van der Waals surface area contributed by atoms with Crippen molar-refractivity contribution in [1.82, 2.24) is 20.8 Å². The summed E-state index contributed by atoms with van der Waals surface area (Å²) in [4.78, 5) is 49.4. The van der Waals surface area contributed by atoms with E-state index < -0.39 is 29.8 Å². The van der Waals surface area contributed by atoms with Crippen LogP contribution in [0.15, 0.2) is 30.3 Å². The number of piperidine rings is 1. The van der Waals surface area contributed by atoms with Crippen molar-refractivity contribution in [3.8, 4) is 0 Å². The van der Waals surface area contributed by atoms with Crippen molar-refractivity contribution in [1.29, 1.82) is 0 Å². The van der Waals surface area contributed by atoms with E-state index in [0.29, 0.717) is 19.4 Å². The number of amides is 4. The molecule has 3 rings (SSSR count). The van der Waals surface area contributed by atoms with Gasteiger partial charge in [0.2, 0.25) is 0 Å². The number of benzene rings is 1. The van der Waals surface area contributed by atoms with Crippen molar-refractivity contribution in [2.45, 2.75) is 64.1 Å². The highest BCUT2D eigenvalue weighted by Gasteiger charge is 2.48. The molecule has 2 fully saturated rings. The minimum atomic E-state index is -0.879. The van der Waals surface area contributed by atoms with Crippen molar-refractivity contribution >= 4 is 18.0 Å². The summed E-state index contributed by atoms with van der Waals surface area (Å²) in [5.41, 5.74) is 8.38. The maximum absolute atomic E-state index is 12.8. The first kappa shape index (κ1) is 23.8. The van der Waals surface area contributed by atoms with Crippen LogP contribution < -0.4 is 16.5 Å². The average Bonchev–Trinajstić information content (AvgIpc) is 2.95. The molecule has 3 atom stereocenters. The minimum absolute atomic E-state index is 0.0948. The van der Waals surface area contributed by atoms with E-state index in [9.17, 15) is 14.4 Å². The highest BCUT2D eigenvalue weighted by Crippen LogP contribution is 2.30. The van der Waals surface area contributed by atoms with Crippen molar-refractivity contribution in [2.75, 3.05) is 13.2 Å². The number of ether oxygens (including phenoxy) is 1. The van der Waals surface area contributed by atoms with Crippen LogP contribution in [0.5, 0.6) is 0 Å². The van der Waals surface area contributed by atoms with Crippen LogP contribution in [0.1, 0.15) is 39.2 Å². The number of hydrogen-bond acceptors (Lipinski definition) is 7. The number of hydroxylamine groups is 3. The Morgan fingerprint density at radius 3 is 2.62 bits per heavy atom. The van der Waals surface area contributed by atoms with Gasteiger partial charge in [0, 0.05) is 6.54 Å². The Morgan fingerprint density at radius 2 is 1.94 bits per heavy atom. The number of alkyl carbamates (subject to hydrolysis) is 1. The third kappa shape index (κ3) is 6.31. The lowest BCUT2D eigenvalue weighted by Gasteiger charge is -2.29. The third-order valence-electron chi connectivity index (χ3n) is 4.98. The number of nitrogens with one attached hydrogen (secondary N) is 2. The second-order valence-corrected chi connectivity index (χ2v) is 8.80. The summed E-state index contributed by atoms with van der Waals surface area (Å²) >= 11 is 0. The molecule has 11 heteroatoms. The van der Waals surface area contributed by atoms with Crippen LogP contribution in [-0.2, 0) is 25.8 Å². The molecule has 0 spiro atoms. The van der Waals surface area contributed by atoms with Crippen LogP contribution in [0.25, 0.3) is 0 Å². The van der Waals surface area contributed by atoms with Crippen molar-refractivity contribution in [2.24, 2.45) is 5.73 Å². The van der Waals surface area contributed by atoms with Gasteiger partial charge >= 0.3 is 12.1 Å². The molecule has 1 aromatic rings.